The molecule has 6 nitrogen and oxygen atoms in total. The van der Waals surface area contributed by atoms with Crippen LogP contribution in [0.5, 0.6) is 28.7 Å². The van der Waals surface area contributed by atoms with Gasteiger partial charge in [-0.05, 0) is 11.6 Å². The Balaban J connectivity index is 2.46. The predicted octanol–water partition coefficient (Wildman–Crippen LogP) is 2.41. The van der Waals surface area contributed by atoms with Crippen LogP contribution in [0.3, 0.4) is 0 Å². The molecule has 4 N–H and O–H groups in total. The first kappa shape index (κ1) is 15.2. The smallest absolute Gasteiger partial charge is 0.208 e. The Hall–Kier alpha value is -3.15. The van der Waals surface area contributed by atoms with Gasteiger partial charge in [0.05, 0.1) is 7.11 Å². The highest BCUT2D eigenvalue weighted by Gasteiger charge is 2.27. The molecule has 2 aromatic rings. The number of rotatable bonds is 4. The Labute approximate surface area is 126 Å². The second-order valence-electron chi connectivity index (χ2n) is 4.41. The molecule has 0 aromatic heterocycles. The van der Waals surface area contributed by atoms with Crippen molar-refractivity contribution in [3.05, 3.63) is 47.5 Å². The summed E-state index contributed by atoms with van der Waals surface area (Å²) in [5, 5.41) is 38.8. The van der Waals surface area contributed by atoms with Gasteiger partial charge in [-0.25, -0.2) is 0 Å². The summed E-state index contributed by atoms with van der Waals surface area (Å²) in [6, 6.07) is 8.92. The number of carbonyl (C=O) groups excluding carboxylic acids is 1. The SMILES string of the molecule is COc1c(O)c(O)c(O)c(C(=O)C=Cc2ccccc2)c1O. The van der Waals surface area contributed by atoms with Crippen LogP contribution in [0, 0.1) is 0 Å². The molecule has 0 saturated heterocycles. The minimum atomic E-state index is -0.939. The lowest BCUT2D eigenvalue weighted by Gasteiger charge is -2.12. The lowest BCUT2D eigenvalue weighted by atomic mass is 10.0. The van der Waals surface area contributed by atoms with Gasteiger partial charge in [-0.2, -0.15) is 0 Å². The van der Waals surface area contributed by atoms with Gasteiger partial charge in [-0.1, -0.05) is 36.4 Å². The van der Waals surface area contributed by atoms with E-state index in [4.69, 9.17) is 4.74 Å². The molecule has 0 aliphatic heterocycles. The van der Waals surface area contributed by atoms with E-state index in [1.807, 2.05) is 6.07 Å². The Kier molecular flexibility index (Phi) is 4.22. The maximum absolute atomic E-state index is 12.1. The average Bonchev–Trinajstić information content (AvgIpc) is 2.52. The molecule has 0 fully saturated rings. The van der Waals surface area contributed by atoms with Gasteiger partial charge in [0, 0.05) is 0 Å². The zero-order valence-electron chi connectivity index (χ0n) is 11.6. The van der Waals surface area contributed by atoms with Crippen LogP contribution < -0.4 is 4.74 Å². The number of benzene rings is 2. The Bertz CT molecular complexity index is 734. The van der Waals surface area contributed by atoms with E-state index in [-0.39, 0.29) is 0 Å². The summed E-state index contributed by atoms with van der Waals surface area (Å²) in [6.07, 6.45) is 2.61. The topological polar surface area (TPSA) is 107 Å². The number of phenolic OH excluding ortho intramolecular Hbond substituents is 4. The van der Waals surface area contributed by atoms with E-state index < -0.39 is 40.1 Å². The van der Waals surface area contributed by atoms with Crippen molar-refractivity contribution < 1.29 is 30.0 Å². The van der Waals surface area contributed by atoms with Crippen LogP contribution in [0.2, 0.25) is 0 Å². The molecule has 0 unspecified atom stereocenters. The number of aromatic hydroxyl groups is 4. The van der Waals surface area contributed by atoms with Crippen molar-refractivity contribution in [2.45, 2.75) is 0 Å². The molecule has 0 atom stereocenters. The largest absolute Gasteiger partial charge is 0.504 e. The molecule has 0 spiro atoms. The second-order valence-corrected chi connectivity index (χ2v) is 4.41. The van der Waals surface area contributed by atoms with Crippen molar-refractivity contribution in [3.63, 3.8) is 0 Å². The predicted molar refractivity (Wildman–Crippen MR) is 79.5 cm³/mol. The van der Waals surface area contributed by atoms with Crippen LogP contribution in [-0.2, 0) is 0 Å². The van der Waals surface area contributed by atoms with Crippen molar-refractivity contribution in [1.82, 2.24) is 0 Å². The Morgan fingerprint density at radius 1 is 0.955 bits per heavy atom. The van der Waals surface area contributed by atoms with Crippen LogP contribution in [0.4, 0.5) is 0 Å². The van der Waals surface area contributed by atoms with Gasteiger partial charge < -0.3 is 25.2 Å². The van der Waals surface area contributed by atoms with Crippen molar-refractivity contribution in [2.24, 2.45) is 0 Å². The van der Waals surface area contributed by atoms with Crippen LogP contribution in [0.15, 0.2) is 36.4 Å². The summed E-state index contributed by atoms with van der Waals surface area (Å²) in [7, 11) is 1.14. The molecule has 0 heterocycles. The molecule has 114 valence electrons. The molecule has 0 radical (unpaired) electrons. The molecule has 22 heavy (non-hydrogen) atoms. The molecule has 6 heteroatoms. The number of carbonyl (C=O) groups is 1. The summed E-state index contributed by atoms with van der Waals surface area (Å²) in [5.41, 5.74) is 0.184. The zero-order chi connectivity index (χ0) is 16.3. The number of methoxy groups -OCH3 is 1. The van der Waals surface area contributed by atoms with Gasteiger partial charge in [-0.15, -0.1) is 0 Å². The van der Waals surface area contributed by atoms with E-state index in [9.17, 15) is 25.2 Å². The van der Waals surface area contributed by atoms with Crippen LogP contribution >= 0.6 is 0 Å². The van der Waals surface area contributed by atoms with E-state index in [2.05, 4.69) is 0 Å². The fourth-order valence-corrected chi connectivity index (χ4v) is 1.92. The summed E-state index contributed by atoms with van der Waals surface area (Å²) in [4.78, 5) is 12.1. The lowest BCUT2D eigenvalue weighted by molar-refractivity contribution is 0.104. The zero-order valence-corrected chi connectivity index (χ0v) is 11.6. The second kappa shape index (κ2) is 6.09. The number of ether oxygens (including phenoxy) is 1. The third-order valence-electron chi connectivity index (χ3n) is 3.03. The lowest BCUT2D eigenvalue weighted by Crippen LogP contribution is -1.99. The summed E-state index contributed by atoms with van der Waals surface area (Å²) in [6.45, 7) is 0. The highest BCUT2D eigenvalue weighted by Crippen LogP contribution is 2.51. The molecule has 0 amide bonds. The quantitative estimate of drug-likeness (QED) is 0.299. The maximum Gasteiger partial charge on any atom is 0.208 e. The number of allylic oxidation sites excluding steroid dienone is 1. The van der Waals surface area contributed by atoms with Crippen molar-refractivity contribution in [3.8, 4) is 28.7 Å². The first-order chi connectivity index (χ1) is 10.5. The Morgan fingerprint density at radius 2 is 1.59 bits per heavy atom. The fraction of sp³-hybridized carbons (Fsp3) is 0.0625. The van der Waals surface area contributed by atoms with E-state index in [0.717, 1.165) is 18.7 Å². The van der Waals surface area contributed by atoms with Gasteiger partial charge in [0.1, 0.15) is 5.56 Å². The third-order valence-corrected chi connectivity index (χ3v) is 3.03. The minimum absolute atomic E-state index is 0.494. The molecule has 0 aliphatic rings. The molecule has 2 rings (SSSR count). The summed E-state index contributed by atoms with van der Waals surface area (Å²) in [5.74, 6) is -4.71. The highest BCUT2D eigenvalue weighted by atomic mass is 16.5. The van der Waals surface area contributed by atoms with Gasteiger partial charge >= 0.3 is 0 Å². The maximum atomic E-state index is 12.1. The number of hydrogen-bond acceptors (Lipinski definition) is 6. The fourth-order valence-electron chi connectivity index (χ4n) is 1.92. The Morgan fingerprint density at radius 3 is 2.18 bits per heavy atom. The van der Waals surface area contributed by atoms with E-state index in [1.165, 1.54) is 6.08 Å². The van der Waals surface area contributed by atoms with E-state index >= 15 is 0 Å². The van der Waals surface area contributed by atoms with E-state index in [1.54, 1.807) is 24.3 Å². The monoisotopic (exact) mass is 302 g/mol. The number of ketones is 1. The average molecular weight is 302 g/mol. The molecular weight excluding hydrogens is 288 g/mol. The number of phenols is 4. The molecule has 0 saturated carbocycles. The van der Waals surface area contributed by atoms with E-state index in [0.29, 0.717) is 0 Å². The summed E-state index contributed by atoms with van der Waals surface area (Å²) >= 11 is 0. The van der Waals surface area contributed by atoms with Crippen LogP contribution in [0.25, 0.3) is 6.08 Å². The normalized spacial score (nSPS) is 10.8. The molecule has 0 bridgehead atoms. The van der Waals surface area contributed by atoms with Gasteiger partial charge in [0.15, 0.2) is 17.3 Å². The van der Waals surface area contributed by atoms with Crippen molar-refractivity contribution >= 4 is 11.9 Å². The van der Waals surface area contributed by atoms with Crippen molar-refractivity contribution in [1.29, 1.82) is 0 Å². The molecule has 2 aromatic carbocycles. The minimum Gasteiger partial charge on any atom is -0.504 e. The number of hydrogen-bond donors (Lipinski definition) is 4. The van der Waals surface area contributed by atoms with Gasteiger partial charge in [0.2, 0.25) is 17.2 Å². The standard InChI is InChI=1S/C16H14O6/c1-22-16-13(19)11(12(18)14(20)15(16)21)10(17)8-7-9-5-3-2-4-6-9/h2-8,18-21H,1H3. The molecular formula is C16H14O6. The van der Waals surface area contributed by atoms with Gasteiger partial charge in [0.25, 0.3) is 0 Å². The van der Waals surface area contributed by atoms with Gasteiger partial charge in [-0.3, -0.25) is 4.79 Å². The van der Waals surface area contributed by atoms with Crippen LogP contribution in [0.1, 0.15) is 15.9 Å². The molecule has 0 aliphatic carbocycles. The summed E-state index contributed by atoms with van der Waals surface area (Å²) < 4.78 is 4.72. The first-order valence-corrected chi connectivity index (χ1v) is 6.28. The van der Waals surface area contributed by atoms with Crippen LogP contribution in [-0.4, -0.2) is 33.3 Å². The first-order valence-electron chi connectivity index (χ1n) is 6.28. The third kappa shape index (κ3) is 2.67. The van der Waals surface area contributed by atoms with Crippen molar-refractivity contribution in [2.75, 3.05) is 7.11 Å². The highest BCUT2D eigenvalue weighted by molar-refractivity contribution is 6.11.